The highest BCUT2D eigenvalue weighted by Gasteiger charge is 2.22. The summed E-state index contributed by atoms with van der Waals surface area (Å²) in [5, 5.41) is 2.57. The number of benzene rings is 1. The molecule has 0 spiro atoms. The van der Waals surface area contributed by atoms with Crippen LogP contribution < -0.4 is 5.32 Å². The summed E-state index contributed by atoms with van der Waals surface area (Å²) in [6.07, 6.45) is -0.220. The average molecular weight is 335 g/mol. The molecular weight excluding hydrogens is 306 g/mol. The number of Topliss-reactive ketones (excluding diaryl/α,β-unsaturated/α-hetero) is 1. The van der Waals surface area contributed by atoms with E-state index in [9.17, 15) is 9.59 Å². The molecule has 0 heterocycles. The number of carbonyl (C=O) groups is 2. The van der Waals surface area contributed by atoms with E-state index in [1.165, 1.54) is 0 Å². The Bertz CT molecular complexity index is 522. The molecule has 1 amide bonds. The van der Waals surface area contributed by atoms with Crippen LogP contribution in [0.3, 0.4) is 0 Å². The Morgan fingerprint density at radius 2 is 1.75 bits per heavy atom. The molecular formula is C19H29NO4. The summed E-state index contributed by atoms with van der Waals surface area (Å²) < 4.78 is 10.8. The van der Waals surface area contributed by atoms with Crippen molar-refractivity contribution in [1.29, 1.82) is 0 Å². The maximum atomic E-state index is 12.2. The zero-order chi connectivity index (χ0) is 18.2. The van der Waals surface area contributed by atoms with Gasteiger partial charge < -0.3 is 14.8 Å². The van der Waals surface area contributed by atoms with Crippen LogP contribution in [0.25, 0.3) is 0 Å². The lowest BCUT2D eigenvalue weighted by atomic mass is 10.0. The third-order valence-electron chi connectivity index (χ3n) is 3.28. The standard InChI is InChI=1S/C19H29NO4/c1-14(12-23-13-16-9-7-6-8-10-16)11-17(21)15(2)20-18(22)24-19(3,4)5/h6-10,14-15H,11-13H2,1-5H3,(H,20,22). The summed E-state index contributed by atoms with van der Waals surface area (Å²) in [5.41, 5.74) is 0.529. The van der Waals surface area contributed by atoms with E-state index in [-0.39, 0.29) is 11.7 Å². The number of rotatable bonds is 8. The van der Waals surface area contributed by atoms with Crippen LogP contribution in [-0.4, -0.2) is 30.1 Å². The summed E-state index contributed by atoms with van der Waals surface area (Å²) in [4.78, 5) is 23.8. The number of ketones is 1. The van der Waals surface area contributed by atoms with Crippen molar-refractivity contribution in [1.82, 2.24) is 5.32 Å². The van der Waals surface area contributed by atoms with Crippen LogP contribution in [0.2, 0.25) is 0 Å². The van der Waals surface area contributed by atoms with Crippen molar-refractivity contribution in [2.45, 2.75) is 59.3 Å². The molecule has 1 N–H and O–H groups in total. The lowest BCUT2D eigenvalue weighted by molar-refractivity contribution is -0.122. The largest absolute Gasteiger partial charge is 0.444 e. The molecule has 0 aliphatic carbocycles. The van der Waals surface area contributed by atoms with Crippen molar-refractivity contribution in [2.24, 2.45) is 5.92 Å². The van der Waals surface area contributed by atoms with Crippen LogP contribution in [0.15, 0.2) is 30.3 Å². The summed E-state index contributed by atoms with van der Waals surface area (Å²) in [7, 11) is 0. The molecule has 134 valence electrons. The van der Waals surface area contributed by atoms with E-state index in [4.69, 9.17) is 9.47 Å². The lowest BCUT2D eigenvalue weighted by Gasteiger charge is -2.22. The molecule has 0 saturated heterocycles. The van der Waals surface area contributed by atoms with Gasteiger partial charge in [0.2, 0.25) is 0 Å². The van der Waals surface area contributed by atoms with Gasteiger partial charge in [0.15, 0.2) is 5.78 Å². The minimum absolute atomic E-state index is 0.0309. The predicted molar refractivity (Wildman–Crippen MR) is 93.7 cm³/mol. The third kappa shape index (κ3) is 8.67. The molecule has 1 aromatic rings. The minimum Gasteiger partial charge on any atom is -0.444 e. The van der Waals surface area contributed by atoms with Crippen LogP contribution in [0.4, 0.5) is 4.79 Å². The molecule has 24 heavy (non-hydrogen) atoms. The number of nitrogens with one attached hydrogen (secondary N) is 1. The molecule has 0 saturated carbocycles. The maximum absolute atomic E-state index is 12.2. The average Bonchev–Trinajstić information content (AvgIpc) is 2.46. The Kier molecular flexibility index (Phi) is 7.92. The van der Waals surface area contributed by atoms with Gasteiger partial charge in [-0.3, -0.25) is 4.79 Å². The fourth-order valence-electron chi connectivity index (χ4n) is 2.10. The molecule has 2 atom stereocenters. The monoisotopic (exact) mass is 335 g/mol. The molecule has 2 unspecified atom stereocenters. The van der Waals surface area contributed by atoms with Crippen molar-refractivity contribution < 1.29 is 19.1 Å². The normalized spacial score (nSPS) is 13.9. The second-order valence-electron chi connectivity index (χ2n) is 7.14. The smallest absolute Gasteiger partial charge is 0.408 e. The fourth-order valence-corrected chi connectivity index (χ4v) is 2.10. The number of alkyl carbamates (subject to hydrolysis) is 1. The van der Waals surface area contributed by atoms with Crippen molar-refractivity contribution in [3.63, 3.8) is 0 Å². The molecule has 1 aromatic carbocycles. The van der Waals surface area contributed by atoms with E-state index in [0.717, 1.165) is 5.56 Å². The first-order valence-corrected chi connectivity index (χ1v) is 8.31. The summed E-state index contributed by atoms with van der Waals surface area (Å²) >= 11 is 0. The zero-order valence-corrected chi connectivity index (χ0v) is 15.3. The van der Waals surface area contributed by atoms with Crippen molar-refractivity contribution in [3.8, 4) is 0 Å². The minimum atomic E-state index is -0.578. The van der Waals surface area contributed by atoms with E-state index in [0.29, 0.717) is 19.6 Å². The third-order valence-corrected chi connectivity index (χ3v) is 3.28. The Morgan fingerprint density at radius 3 is 2.33 bits per heavy atom. The zero-order valence-electron chi connectivity index (χ0n) is 15.3. The van der Waals surface area contributed by atoms with E-state index in [1.54, 1.807) is 27.7 Å². The Balaban J connectivity index is 2.28. The van der Waals surface area contributed by atoms with Gasteiger partial charge in [-0.15, -0.1) is 0 Å². The molecule has 1 rings (SSSR count). The van der Waals surface area contributed by atoms with Crippen molar-refractivity contribution in [3.05, 3.63) is 35.9 Å². The Labute approximate surface area is 144 Å². The molecule has 0 aliphatic heterocycles. The van der Waals surface area contributed by atoms with Gasteiger partial charge in [-0.2, -0.15) is 0 Å². The number of ether oxygens (including phenoxy) is 2. The van der Waals surface area contributed by atoms with Gasteiger partial charge in [0.05, 0.1) is 12.6 Å². The number of carbonyl (C=O) groups excluding carboxylic acids is 2. The molecule has 0 aromatic heterocycles. The molecule has 5 heteroatoms. The first-order chi connectivity index (χ1) is 11.2. The van der Waals surface area contributed by atoms with E-state index < -0.39 is 17.7 Å². The SMILES string of the molecule is CC(COCc1ccccc1)CC(=O)C(C)NC(=O)OC(C)(C)C. The Hall–Kier alpha value is -1.88. The van der Waals surface area contributed by atoms with E-state index >= 15 is 0 Å². The Morgan fingerprint density at radius 1 is 1.12 bits per heavy atom. The van der Waals surface area contributed by atoms with Gasteiger partial charge in [0.25, 0.3) is 0 Å². The molecule has 0 fully saturated rings. The van der Waals surface area contributed by atoms with Gasteiger partial charge in [-0.25, -0.2) is 4.79 Å². The number of amides is 1. The van der Waals surface area contributed by atoms with Gasteiger partial charge in [-0.1, -0.05) is 37.3 Å². The summed E-state index contributed by atoms with van der Waals surface area (Å²) in [5.74, 6) is 0.0563. The van der Waals surface area contributed by atoms with Crippen LogP contribution in [0.5, 0.6) is 0 Å². The number of hydrogen-bond acceptors (Lipinski definition) is 4. The second-order valence-corrected chi connectivity index (χ2v) is 7.14. The highest BCUT2D eigenvalue weighted by atomic mass is 16.6. The summed E-state index contributed by atoms with van der Waals surface area (Å²) in [6, 6.07) is 9.33. The second kappa shape index (κ2) is 9.42. The molecule has 0 bridgehead atoms. The van der Waals surface area contributed by atoms with E-state index in [1.807, 2.05) is 37.3 Å². The van der Waals surface area contributed by atoms with Crippen molar-refractivity contribution >= 4 is 11.9 Å². The van der Waals surface area contributed by atoms with Gasteiger partial charge in [0.1, 0.15) is 5.60 Å². The van der Waals surface area contributed by atoms with Gasteiger partial charge in [-0.05, 0) is 39.2 Å². The van der Waals surface area contributed by atoms with Crippen LogP contribution in [0.1, 0.15) is 46.6 Å². The van der Waals surface area contributed by atoms with Crippen LogP contribution in [-0.2, 0) is 20.9 Å². The molecule has 0 radical (unpaired) electrons. The first-order valence-electron chi connectivity index (χ1n) is 8.31. The number of hydrogen-bond donors (Lipinski definition) is 1. The molecule has 5 nitrogen and oxygen atoms in total. The van der Waals surface area contributed by atoms with E-state index in [2.05, 4.69) is 5.32 Å². The quantitative estimate of drug-likeness (QED) is 0.786. The van der Waals surface area contributed by atoms with Gasteiger partial charge >= 0.3 is 6.09 Å². The topological polar surface area (TPSA) is 64.6 Å². The van der Waals surface area contributed by atoms with Crippen molar-refractivity contribution in [2.75, 3.05) is 6.61 Å². The lowest BCUT2D eigenvalue weighted by Crippen LogP contribution is -2.42. The highest BCUT2D eigenvalue weighted by Crippen LogP contribution is 2.10. The highest BCUT2D eigenvalue weighted by molar-refractivity contribution is 5.87. The molecule has 0 aliphatic rings. The van der Waals surface area contributed by atoms with Crippen LogP contribution in [0, 0.1) is 5.92 Å². The van der Waals surface area contributed by atoms with Gasteiger partial charge in [0, 0.05) is 13.0 Å². The first kappa shape index (κ1) is 20.2. The maximum Gasteiger partial charge on any atom is 0.408 e. The predicted octanol–water partition coefficient (Wildman–Crippen LogP) is 3.71. The summed E-state index contributed by atoms with van der Waals surface area (Å²) in [6.45, 7) is 10.0. The fraction of sp³-hybridized carbons (Fsp3) is 0.579. The van der Waals surface area contributed by atoms with Crippen LogP contribution >= 0.6 is 0 Å².